The smallest absolute Gasteiger partial charge is 0.360 e. The summed E-state index contributed by atoms with van der Waals surface area (Å²) in [6.07, 6.45) is 1.46. The van der Waals surface area contributed by atoms with E-state index in [4.69, 9.17) is 4.52 Å². The number of ether oxygens (including phenoxy) is 1. The predicted molar refractivity (Wildman–Crippen MR) is 66.7 cm³/mol. The van der Waals surface area contributed by atoms with Crippen LogP contribution in [0.4, 0.5) is 13.2 Å². The van der Waals surface area contributed by atoms with Crippen molar-refractivity contribution in [2.45, 2.75) is 32.0 Å². The van der Waals surface area contributed by atoms with Gasteiger partial charge in [0.1, 0.15) is 17.3 Å². The number of hydrogen-bond donors (Lipinski definition) is 0. The van der Waals surface area contributed by atoms with E-state index in [0.29, 0.717) is 12.2 Å². The van der Waals surface area contributed by atoms with Crippen LogP contribution in [0.25, 0.3) is 0 Å². The maximum atomic E-state index is 13.2. The Bertz CT molecular complexity index is 561. The zero-order valence-corrected chi connectivity index (χ0v) is 10.9. The molecule has 6 heteroatoms. The highest BCUT2D eigenvalue weighted by atomic mass is 19.3. The zero-order chi connectivity index (χ0) is 14.8. The molecule has 1 aliphatic carbocycles. The number of rotatable bonds is 5. The molecule has 0 amide bonds. The summed E-state index contributed by atoms with van der Waals surface area (Å²) < 4.78 is 48.7. The molecule has 1 heterocycles. The van der Waals surface area contributed by atoms with E-state index < -0.39 is 6.11 Å². The minimum Gasteiger partial charge on any atom is -0.360 e. The van der Waals surface area contributed by atoms with Crippen molar-refractivity contribution in [2.24, 2.45) is 0 Å². The first-order valence-corrected chi connectivity index (χ1v) is 6.05. The van der Waals surface area contributed by atoms with Gasteiger partial charge in [0.25, 0.3) is 0 Å². The molecule has 0 N–H and O–H groups in total. The second-order valence-corrected chi connectivity index (χ2v) is 4.60. The van der Waals surface area contributed by atoms with Gasteiger partial charge in [-0.25, -0.2) is 4.39 Å². The van der Waals surface area contributed by atoms with Gasteiger partial charge >= 0.3 is 6.11 Å². The highest BCUT2D eigenvalue weighted by Crippen LogP contribution is 2.29. The van der Waals surface area contributed by atoms with Crippen LogP contribution < -0.4 is 0 Å². The highest BCUT2D eigenvalue weighted by Gasteiger charge is 2.31. The van der Waals surface area contributed by atoms with Crippen molar-refractivity contribution in [1.29, 1.82) is 0 Å². The Morgan fingerprint density at radius 3 is 2.95 bits per heavy atom. The van der Waals surface area contributed by atoms with E-state index in [1.165, 1.54) is 25.1 Å². The van der Waals surface area contributed by atoms with Crippen molar-refractivity contribution in [3.63, 3.8) is 0 Å². The molecule has 0 bridgehead atoms. The number of alkyl halides is 2. The van der Waals surface area contributed by atoms with Crippen LogP contribution >= 0.6 is 0 Å². The average Bonchev–Trinajstić information content (AvgIpc) is 2.86. The fourth-order valence-electron chi connectivity index (χ4n) is 1.66. The molecule has 1 aromatic rings. The maximum Gasteiger partial charge on any atom is 0.379 e. The van der Waals surface area contributed by atoms with Crippen LogP contribution in [0.1, 0.15) is 30.7 Å². The molecule has 0 spiro atoms. The van der Waals surface area contributed by atoms with E-state index in [2.05, 4.69) is 16.5 Å². The minimum atomic E-state index is -3.39. The van der Waals surface area contributed by atoms with Gasteiger partial charge in [-0.1, -0.05) is 17.8 Å². The fraction of sp³-hybridized carbons (Fsp3) is 0.357. The normalized spacial score (nSPS) is 19.0. The Hall–Kier alpha value is -1.82. The Kier molecular flexibility index (Phi) is 4.13. The third-order valence-electron chi connectivity index (χ3n) is 2.90. The molecule has 0 aromatic carbocycles. The van der Waals surface area contributed by atoms with Crippen LogP contribution in [0, 0.1) is 0 Å². The van der Waals surface area contributed by atoms with Crippen molar-refractivity contribution in [3.05, 3.63) is 53.7 Å². The first-order chi connectivity index (χ1) is 9.38. The summed E-state index contributed by atoms with van der Waals surface area (Å²) in [5.74, 6) is 0.0464. The third kappa shape index (κ3) is 3.39. The van der Waals surface area contributed by atoms with Gasteiger partial charge in [-0.2, -0.15) is 8.78 Å². The summed E-state index contributed by atoms with van der Waals surface area (Å²) >= 11 is 0. The Morgan fingerprint density at radius 1 is 1.60 bits per heavy atom. The quantitative estimate of drug-likeness (QED) is 0.758. The Balaban J connectivity index is 1.97. The third-order valence-corrected chi connectivity index (χ3v) is 2.90. The van der Waals surface area contributed by atoms with E-state index in [1.807, 2.05) is 0 Å². The standard InChI is InChI=1S/C14H14F3NO2/c1-9(2)14(16,17)19-8-12-7-13(20-18-12)10-3-5-11(15)6-4-10/h3,5-7,10H,1,4,8H2,2H3. The average molecular weight is 285 g/mol. The van der Waals surface area contributed by atoms with Crippen molar-refractivity contribution in [3.8, 4) is 0 Å². The lowest BCUT2D eigenvalue weighted by Gasteiger charge is -2.15. The number of nitrogens with zero attached hydrogens (tertiary/aromatic N) is 1. The van der Waals surface area contributed by atoms with Gasteiger partial charge in [0.15, 0.2) is 0 Å². The lowest BCUT2D eigenvalue weighted by atomic mass is 9.97. The fourth-order valence-corrected chi connectivity index (χ4v) is 1.66. The second kappa shape index (κ2) is 5.66. The summed E-state index contributed by atoms with van der Waals surface area (Å²) in [6, 6.07) is 1.53. The molecule has 0 aliphatic heterocycles. The predicted octanol–water partition coefficient (Wildman–Crippen LogP) is 4.26. The van der Waals surface area contributed by atoms with E-state index in [9.17, 15) is 13.2 Å². The van der Waals surface area contributed by atoms with Crippen molar-refractivity contribution < 1.29 is 22.4 Å². The summed E-state index contributed by atoms with van der Waals surface area (Å²) in [5.41, 5.74) is -0.124. The van der Waals surface area contributed by atoms with Gasteiger partial charge in [-0.05, 0) is 25.5 Å². The monoisotopic (exact) mass is 285 g/mol. The molecule has 1 aromatic heterocycles. The number of allylic oxidation sites excluding steroid dienone is 4. The molecule has 2 rings (SSSR count). The van der Waals surface area contributed by atoms with Gasteiger partial charge in [0.2, 0.25) is 0 Å². The minimum absolute atomic E-state index is 0.141. The van der Waals surface area contributed by atoms with Crippen molar-refractivity contribution in [1.82, 2.24) is 5.16 Å². The van der Waals surface area contributed by atoms with Crippen LogP contribution in [-0.2, 0) is 11.3 Å². The topological polar surface area (TPSA) is 35.3 Å². The molecular weight excluding hydrogens is 271 g/mol. The van der Waals surface area contributed by atoms with E-state index >= 15 is 0 Å². The molecule has 1 unspecified atom stereocenters. The summed E-state index contributed by atoms with van der Waals surface area (Å²) in [7, 11) is 0. The maximum absolute atomic E-state index is 13.2. The highest BCUT2D eigenvalue weighted by molar-refractivity contribution is 5.25. The number of hydrogen-bond acceptors (Lipinski definition) is 3. The van der Waals surface area contributed by atoms with Crippen molar-refractivity contribution >= 4 is 0 Å². The van der Waals surface area contributed by atoms with E-state index in [-0.39, 0.29) is 29.6 Å². The molecule has 0 radical (unpaired) electrons. The Labute approximate surface area is 114 Å². The lowest BCUT2D eigenvalue weighted by Crippen LogP contribution is -2.21. The molecule has 3 nitrogen and oxygen atoms in total. The lowest BCUT2D eigenvalue weighted by molar-refractivity contribution is -0.216. The van der Waals surface area contributed by atoms with Gasteiger partial charge in [-0.15, -0.1) is 0 Å². The molecular formula is C14H14F3NO2. The number of halogens is 3. The first kappa shape index (κ1) is 14.6. The summed E-state index contributed by atoms with van der Waals surface area (Å²) in [5, 5.41) is 3.66. The van der Waals surface area contributed by atoms with Crippen LogP contribution in [0.15, 0.2) is 46.8 Å². The van der Waals surface area contributed by atoms with Crippen LogP contribution in [-0.4, -0.2) is 11.3 Å². The molecule has 1 atom stereocenters. The molecule has 1 aliphatic rings. The molecule has 20 heavy (non-hydrogen) atoms. The molecule has 0 saturated heterocycles. The molecule has 0 saturated carbocycles. The van der Waals surface area contributed by atoms with Gasteiger partial charge < -0.3 is 9.26 Å². The number of aromatic nitrogens is 1. The van der Waals surface area contributed by atoms with E-state index in [1.54, 1.807) is 6.08 Å². The van der Waals surface area contributed by atoms with Crippen LogP contribution in [0.2, 0.25) is 0 Å². The molecule has 108 valence electrons. The van der Waals surface area contributed by atoms with Crippen LogP contribution in [0.3, 0.4) is 0 Å². The summed E-state index contributed by atoms with van der Waals surface area (Å²) in [6.45, 7) is 3.95. The van der Waals surface area contributed by atoms with Gasteiger partial charge in [-0.3, -0.25) is 0 Å². The SMILES string of the molecule is C=C(C)C(F)(F)OCc1cc(C2C=CC(F)=CC2)on1. The Morgan fingerprint density at radius 2 is 2.35 bits per heavy atom. The summed E-state index contributed by atoms with van der Waals surface area (Å²) in [4.78, 5) is 0. The largest absolute Gasteiger partial charge is 0.379 e. The second-order valence-electron chi connectivity index (χ2n) is 4.60. The van der Waals surface area contributed by atoms with Crippen LogP contribution in [0.5, 0.6) is 0 Å². The van der Waals surface area contributed by atoms with Crippen molar-refractivity contribution in [2.75, 3.05) is 0 Å². The zero-order valence-electron chi connectivity index (χ0n) is 10.9. The van der Waals surface area contributed by atoms with E-state index in [0.717, 1.165) is 0 Å². The molecule has 0 fully saturated rings. The van der Waals surface area contributed by atoms with Gasteiger partial charge in [0.05, 0.1) is 6.61 Å². The van der Waals surface area contributed by atoms with Gasteiger partial charge in [0, 0.05) is 17.6 Å². The first-order valence-electron chi connectivity index (χ1n) is 6.05.